The summed E-state index contributed by atoms with van der Waals surface area (Å²) in [4.78, 5) is 2.12. The number of nitrogens with zero attached hydrogens (tertiary/aromatic N) is 1. The van der Waals surface area contributed by atoms with Crippen LogP contribution in [0.2, 0.25) is 0 Å². The summed E-state index contributed by atoms with van der Waals surface area (Å²) in [6.45, 7) is 2.59. The fraction of sp³-hybridized carbons (Fsp3) is 0.263. The highest BCUT2D eigenvalue weighted by Crippen LogP contribution is 2.13. The zero-order valence-electron chi connectivity index (χ0n) is 12.9. The van der Waals surface area contributed by atoms with Crippen molar-refractivity contribution < 1.29 is 9.47 Å². The lowest BCUT2D eigenvalue weighted by molar-refractivity contribution is 0.105. The van der Waals surface area contributed by atoms with E-state index < -0.39 is 0 Å². The first-order valence-corrected chi connectivity index (χ1v) is 7.33. The Morgan fingerprint density at radius 2 is 1.82 bits per heavy atom. The molecule has 0 aliphatic rings. The van der Waals surface area contributed by atoms with E-state index in [1.807, 2.05) is 61.6 Å². The molecule has 2 aromatic rings. The van der Waals surface area contributed by atoms with Gasteiger partial charge in [0.15, 0.2) is 0 Å². The van der Waals surface area contributed by atoms with E-state index in [2.05, 4.69) is 10.8 Å². The molecular weight excluding hydrogens is 274 g/mol. The molecule has 0 radical (unpaired) electrons. The van der Waals surface area contributed by atoms with Crippen LogP contribution in [-0.2, 0) is 4.74 Å². The van der Waals surface area contributed by atoms with Crippen molar-refractivity contribution in [3.8, 4) is 18.1 Å². The van der Waals surface area contributed by atoms with Crippen molar-refractivity contribution in [2.45, 2.75) is 0 Å². The molecule has 0 unspecified atom stereocenters. The van der Waals surface area contributed by atoms with Crippen molar-refractivity contribution in [3.63, 3.8) is 0 Å². The fourth-order valence-corrected chi connectivity index (χ4v) is 2.00. The molecule has 0 atom stereocenters. The number of rotatable bonds is 8. The highest BCUT2D eigenvalue weighted by molar-refractivity contribution is 5.51. The smallest absolute Gasteiger partial charge is 0.119 e. The molecule has 0 aliphatic carbocycles. The molecular formula is C19H21NO2. The van der Waals surface area contributed by atoms with Gasteiger partial charge in [0, 0.05) is 24.8 Å². The van der Waals surface area contributed by atoms with Crippen LogP contribution in [0.25, 0.3) is 0 Å². The zero-order chi connectivity index (χ0) is 15.6. The summed E-state index contributed by atoms with van der Waals surface area (Å²) < 4.78 is 11.2. The number of hydrogen-bond donors (Lipinski definition) is 0. The van der Waals surface area contributed by atoms with Crippen molar-refractivity contribution in [2.24, 2.45) is 0 Å². The molecule has 0 saturated heterocycles. The van der Waals surface area contributed by atoms with Gasteiger partial charge in [-0.25, -0.2) is 0 Å². The topological polar surface area (TPSA) is 21.7 Å². The molecule has 0 heterocycles. The van der Waals surface area contributed by atoms with Crippen LogP contribution >= 0.6 is 0 Å². The average molecular weight is 295 g/mol. The van der Waals surface area contributed by atoms with Crippen molar-refractivity contribution in [1.29, 1.82) is 0 Å². The van der Waals surface area contributed by atoms with Crippen molar-refractivity contribution >= 4 is 5.69 Å². The van der Waals surface area contributed by atoms with E-state index in [0.29, 0.717) is 19.8 Å². The van der Waals surface area contributed by atoms with Gasteiger partial charge in [-0.05, 0) is 30.3 Å². The predicted molar refractivity (Wildman–Crippen MR) is 90.4 cm³/mol. The Morgan fingerprint density at radius 3 is 2.59 bits per heavy atom. The van der Waals surface area contributed by atoms with Crippen molar-refractivity contribution in [1.82, 2.24) is 0 Å². The van der Waals surface area contributed by atoms with Gasteiger partial charge in [0.05, 0.1) is 13.2 Å². The van der Waals surface area contributed by atoms with Gasteiger partial charge in [-0.3, -0.25) is 0 Å². The van der Waals surface area contributed by atoms with Crippen LogP contribution in [0.1, 0.15) is 5.56 Å². The average Bonchev–Trinajstić information content (AvgIpc) is 2.58. The maximum absolute atomic E-state index is 5.60. The second kappa shape index (κ2) is 8.76. The first-order valence-electron chi connectivity index (χ1n) is 7.33. The van der Waals surface area contributed by atoms with Crippen LogP contribution in [0.15, 0.2) is 54.6 Å². The second-order valence-corrected chi connectivity index (χ2v) is 4.89. The van der Waals surface area contributed by atoms with Crippen LogP contribution in [0.4, 0.5) is 5.69 Å². The van der Waals surface area contributed by atoms with E-state index in [1.165, 1.54) is 0 Å². The van der Waals surface area contributed by atoms with Gasteiger partial charge < -0.3 is 14.4 Å². The van der Waals surface area contributed by atoms with E-state index in [4.69, 9.17) is 15.9 Å². The monoisotopic (exact) mass is 295 g/mol. The van der Waals surface area contributed by atoms with E-state index in [-0.39, 0.29) is 0 Å². The van der Waals surface area contributed by atoms with Crippen molar-refractivity contribution in [3.05, 3.63) is 60.2 Å². The molecule has 2 aromatic carbocycles. The summed E-state index contributed by atoms with van der Waals surface area (Å²) in [7, 11) is 2.03. The summed E-state index contributed by atoms with van der Waals surface area (Å²) in [5.74, 6) is 3.52. The third-order valence-corrected chi connectivity index (χ3v) is 3.26. The van der Waals surface area contributed by atoms with Gasteiger partial charge in [-0.15, -0.1) is 6.42 Å². The standard InChI is InChI=1S/C19H21NO2/c1-3-17-8-7-9-18(16-17)20(2)12-13-21-14-15-22-19-10-5-4-6-11-19/h1,4-11,16H,12-15H2,2H3. The molecule has 3 heteroatoms. The largest absolute Gasteiger partial charge is 0.491 e. The molecule has 2 rings (SSSR count). The summed E-state index contributed by atoms with van der Waals surface area (Å²) >= 11 is 0. The molecule has 0 aliphatic heterocycles. The number of terminal acetylenes is 1. The van der Waals surface area contributed by atoms with Gasteiger partial charge in [0.2, 0.25) is 0 Å². The number of likely N-dealkylation sites (N-methyl/N-ethyl adjacent to an activating group) is 1. The molecule has 114 valence electrons. The quantitative estimate of drug-likeness (QED) is 0.551. The number of benzene rings is 2. The van der Waals surface area contributed by atoms with Gasteiger partial charge in [-0.2, -0.15) is 0 Å². The van der Waals surface area contributed by atoms with Crippen LogP contribution < -0.4 is 9.64 Å². The lowest BCUT2D eigenvalue weighted by atomic mass is 10.2. The van der Waals surface area contributed by atoms with Crippen LogP contribution in [-0.4, -0.2) is 33.4 Å². The molecule has 0 amide bonds. The number of para-hydroxylation sites is 1. The lowest BCUT2D eigenvalue weighted by Gasteiger charge is -2.19. The van der Waals surface area contributed by atoms with E-state index in [1.54, 1.807) is 0 Å². The molecule has 0 N–H and O–H groups in total. The minimum atomic E-state index is 0.556. The van der Waals surface area contributed by atoms with Gasteiger partial charge in [0.1, 0.15) is 12.4 Å². The molecule has 0 aromatic heterocycles. The maximum atomic E-state index is 5.60. The first kappa shape index (κ1) is 15.9. The molecule has 0 bridgehead atoms. The molecule has 0 saturated carbocycles. The minimum absolute atomic E-state index is 0.556. The lowest BCUT2D eigenvalue weighted by Crippen LogP contribution is -2.23. The summed E-state index contributed by atoms with van der Waals surface area (Å²) in [5.41, 5.74) is 1.99. The third kappa shape index (κ3) is 5.16. The molecule has 3 nitrogen and oxygen atoms in total. The third-order valence-electron chi connectivity index (χ3n) is 3.26. The van der Waals surface area contributed by atoms with E-state index >= 15 is 0 Å². The van der Waals surface area contributed by atoms with Crippen molar-refractivity contribution in [2.75, 3.05) is 38.3 Å². The number of hydrogen-bond acceptors (Lipinski definition) is 3. The maximum Gasteiger partial charge on any atom is 0.119 e. The Morgan fingerprint density at radius 1 is 1.00 bits per heavy atom. The van der Waals surface area contributed by atoms with Crippen LogP contribution in [0.3, 0.4) is 0 Å². The van der Waals surface area contributed by atoms with Gasteiger partial charge >= 0.3 is 0 Å². The second-order valence-electron chi connectivity index (χ2n) is 4.89. The number of anilines is 1. The summed E-state index contributed by atoms with van der Waals surface area (Å²) in [5, 5.41) is 0. The molecule has 0 spiro atoms. The highest BCUT2D eigenvalue weighted by Gasteiger charge is 2.01. The first-order chi connectivity index (χ1) is 10.8. The Labute approximate surface area is 132 Å². The van der Waals surface area contributed by atoms with Gasteiger partial charge in [0.25, 0.3) is 0 Å². The van der Waals surface area contributed by atoms with E-state index in [9.17, 15) is 0 Å². The summed E-state index contributed by atoms with van der Waals surface area (Å²) in [6.07, 6.45) is 5.41. The Balaban J connectivity index is 1.63. The molecule has 22 heavy (non-hydrogen) atoms. The molecule has 0 fully saturated rings. The SMILES string of the molecule is C#Cc1cccc(N(C)CCOCCOc2ccccc2)c1. The normalized spacial score (nSPS) is 10.0. The number of ether oxygens (including phenoxy) is 2. The minimum Gasteiger partial charge on any atom is -0.491 e. The van der Waals surface area contributed by atoms with Crippen LogP contribution in [0.5, 0.6) is 5.75 Å². The van der Waals surface area contributed by atoms with E-state index in [0.717, 1.165) is 23.5 Å². The Kier molecular flexibility index (Phi) is 6.35. The predicted octanol–water partition coefficient (Wildman–Crippen LogP) is 3.20. The summed E-state index contributed by atoms with van der Waals surface area (Å²) in [6, 6.07) is 17.7. The van der Waals surface area contributed by atoms with Crippen LogP contribution in [0, 0.1) is 12.3 Å². The van der Waals surface area contributed by atoms with Gasteiger partial charge in [-0.1, -0.05) is 30.2 Å². The zero-order valence-corrected chi connectivity index (χ0v) is 12.9. The Hall–Kier alpha value is -2.44. The Bertz CT molecular complexity index is 604. The highest BCUT2D eigenvalue weighted by atomic mass is 16.5. The fourth-order valence-electron chi connectivity index (χ4n) is 2.00.